The Kier molecular flexibility index (Phi) is 5.17. The second kappa shape index (κ2) is 5.09. The SMILES string of the molecule is [CH2]S/C=C/CC. The van der Waals surface area contributed by atoms with Crippen LogP contribution in [0.2, 0.25) is 0 Å². The van der Waals surface area contributed by atoms with E-state index in [1.807, 2.05) is 5.41 Å². The molecule has 0 nitrogen and oxygen atoms in total. The molecule has 0 heterocycles. The van der Waals surface area contributed by atoms with Gasteiger partial charge in [-0.05, 0) is 11.8 Å². The predicted molar refractivity (Wildman–Crippen MR) is 32.4 cm³/mol. The Balaban J connectivity index is 2.73. The minimum Gasteiger partial charge on any atom is -0.134 e. The van der Waals surface area contributed by atoms with Crippen LogP contribution in [0.1, 0.15) is 13.3 Å². The smallest absolute Gasteiger partial charge is 0.00682 e. The minimum atomic E-state index is 1.11. The average Bonchev–Trinajstić information content (AvgIpc) is 1.61. The molecule has 0 aliphatic heterocycles. The van der Waals surface area contributed by atoms with Crippen molar-refractivity contribution in [1.29, 1.82) is 0 Å². The Hall–Kier alpha value is 0.0900. The van der Waals surface area contributed by atoms with Gasteiger partial charge < -0.3 is 0 Å². The van der Waals surface area contributed by atoms with E-state index in [0.717, 1.165) is 6.42 Å². The topological polar surface area (TPSA) is 0 Å². The van der Waals surface area contributed by atoms with Crippen LogP contribution in [0.15, 0.2) is 11.5 Å². The fourth-order valence-corrected chi connectivity index (χ4v) is 0.493. The Bertz CT molecular complexity index is 33.2. The molecule has 0 rings (SSSR count). The molecule has 1 heteroatoms. The first-order chi connectivity index (χ1) is 2.91. The minimum absolute atomic E-state index is 1.11. The molecule has 0 amide bonds. The lowest BCUT2D eigenvalue weighted by atomic mass is 10.5. The van der Waals surface area contributed by atoms with Crippen molar-refractivity contribution >= 4 is 11.8 Å². The summed E-state index contributed by atoms with van der Waals surface area (Å²) in [6.45, 7) is 2.10. The van der Waals surface area contributed by atoms with E-state index >= 15 is 0 Å². The first-order valence-electron chi connectivity index (χ1n) is 1.97. The van der Waals surface area contributed by atoms with Crippen LogP contribution >= 0.6 is 11.8 Å². The van der Waals surface area contributed by atoms with E-state index in [0.29, 0.717) is 0 Å². The van der Waals surface area contributed by atoms with Gasteiger partial charge in [-0.25, -0.2) is 0 Å². The Morgan fingerprint density at radius 1 is 1.83 bits per heavy atom. The third-order valence-corrected chi connectivity index (χ3v) is 0.813. The number of thioether (sulfide) groups is 1. The van der Waals surface area contributed by atoms with Crippen molar-refractivity contribution in [2.24, 2.45) is 0 Å². The van der Waals surface area contributed by atoms with Crippen LogP contribution in [0.3, 0.4) is 0 Å². The van der Waals surface area contributed by atoms with Crippen molar-refractivity contribution in [2.75, 3.05) is 0 Å². The van der Waals surface area contributed by atoms with Crippen LogP contribution < -0.4 is 0 Å². The van der Waals surface area contributed by atoms with Gasteiger partial charge in [0, 0.05) is 6.26 Å². The molecular weight excluding hydrogens is 92.1 g/mol. The van der Waals surface area contributed by atoms with Gasteiger partial charge in [0.15, 0.2) is 0 Å². The van der Waals surface area contributed by atoms with E-state index in [1.165, 1.54) is 11.8 Å². The van der Waals surface area contributed by atoms with Crippen LogP contribution in [-0.4, -0.2) is 0 Å². The molecule has 0 bridgehead atoms. The highest BCUT2D eigenvalue weighted by Crippen LogP contribution is 1.96. The molecule has 35 valence electrons. The zero-order valence-corrected chi connectivity index (χ0v) is 4.79. The molecule has 0 atom stereocenters. The number of hydrogen-bond acceptors (Lipinski definition) is 1. The largest absolute Gasteiger partial charge is 0.134 e. The zero-order chi connectivity index (χ0) is 4.83. The molecule has 0 spiro atoms. The van der Waals surface area contributed by atoms with Crippen LogP contribution in [0.5, 0.6) is 0 Å². The first-order valence-corrected chi connectivity index (χ1v) is 3.02. The lowest BCUT2D eigenvalue weighted by Crippen LogP contribution is -1.44. The summed E-state index contributed by atoms with van der Waals surface area (Å²) in [5, 5.41) is 1.99. The first kappa shape index (κ1) is 6.09. The number of allylic oxidation sites excluding steroid dienone is 1. The van der Waals surface area contributed by atoms with Gasteiger partial charge in [0.2, 0.25) is 0 Å². The molecule has 6 heavy (non-hydrogen) atoms. The second-order valence-electron chi connectivity index (χ2n) is 0.947. The maximum absolute atomic E-state index is 3.55. The fraction of sp³-hybridized carbons (Fsp3) is 0.400. The molecule has 0 aliphatic carbocycles. The summed E-state index contributed by atoms with van der Waals surface area (Å²) in [6, 6.07) is 0. The standard InChI is InChI=1S/C5H9S/c1-3-4-5-6-2/h4-5H,2-3H2,1H3/b5-4+. The quantitative estimate of drug-likeness (QED) is 0.514. The van der Waals surface area contributed by atoms with Gasteiger partial charge in [-0.3, -0.25) is 0 Å². The Morgan fingerprint density at radius 3 is 2.67 bits per heavy atom. The summed E-state index contributed by atoms with van der Waals surface area (Å²) in [5.41, 5.74) is 0. The molecular formula is C5H9S. The van der Waals surface area contributed by atoms with Crippen molar-refractivity contribution in [3.05, 3.63) is 17.7 Å². The van der Waals surface area contributed by atoms with Crippen LogP contribution in [-0.2, 0) is 0 Å². The number of rotatable bonds is 2. The van der Waals surface area contributed by atoms with Gasteiger partial charge in [-0.15, -0.1) is 11.8 Å². The van der Waals surface area contributed by atoms with Gasteiger partial charge >= 0.3 is 0 Å². The van der Waals surface area contributed by atoms with E-state index in [9.17, 15) is 0 Å². The summed E-state index contributed by atoms with van der Waals surface area (Å²) < 4.78 is 0. The molecule has 0 saturated heterocycles. The molecule has 0 aromatic heterocycles. The maximum atomic E-state index is 3.55. The molecule has 0 saturated carbocycles. The van der Waals surface area contributed by atoms with Crippen LogP contribution in [0.4, 0.5) is 0 Å². The third kappa shape index (κ3) is 4.09. The van der Waals surface area contributed by atoms with E-state index in [2.05, 4.69) is 19.3 Å². The predicted octanol–water partition coefficient (Wildman–Crippen LogP) is 2.43. The third-order valence-electron chi connectivity index (χ3n) is 0.428. The van der Waals surface area contributed by atoms with Crippen molar-refractivity contribution in [3.8, 4) is 0 Å². The molecule has 0 fully saturated rings. The van der Waals surface area contributed by atoms with Gasteiger partial charge in [-0.2, -0.15) is 0 Å². The Morgan fingerprint density at radius 2 is 2.50 bits per heavy atom. The van der Waals surface area contributed by atoms with Gasteiger partial charge in [0.05, 0.1) is 0 Å². The second-order valence-corrected chi connectivity index (χ2v) is 1.55. The number of hydrogen-bond donors (Lipinski definition) is 0. The summed E-state index contributed by atoms with van der Waals surface area (Å²) >= 11 is 1.50. The van der Waals surface area contributed by atoms with Crippen molar-refractivity contribution < 1.29 is 0 Å². The summed E-state index contributed by atoms with van der Waals surface area (Å²) in [5.74, 6) is 0. The molecule has 0 aromatic carbocycles. The van der Waals surface area contributed by atoms with E-state index in [1.54, 1.807) is 0 Å². The lowest BCUT2D eigenvalue weighted by molar-refractivity contribution is 1.23. The van der Waals surface area contributed by atoms with E-state index in [4.69, 9.17) is 0 Å². The van der Waals surface area contributed by atoms with Gasteiger partial charge in [0.25, 0.3) is 0 Å². The highest BCUT2D eigenvalue weighted by Gasteiger charge is 1.60. The summed E-state index contributed by atoms with van der Waals surface area (Å²) in [4.78, 5) is 0. The molecule has 0 aromatic rings. The van der Waals surface area contributed by atoms with Crippen molar-refractivity contribution in [3.63, 3.8) is 0 Å². The van der Waals surface area contributed by atoms with Crippen molar-refractivity contribution in [1.82, 2.24) is 0 Å². The zero-order valence-electron chi connectivity index (χ0n) is 3.98. The van der Waals surface area contributed by atoms with Crippen LogP contribution in [0.25, 0.3) is 0 Å². The molecule has 0 aliphatic rings. The summed E-state index contributed by atoms with van der Waals surface area (Å²) in [6.07, 6.45) is 6.75. The van der Waals surface area contributed by atoms with E-state index in [-0.39, 0.29) is 0 Å². The molecule has 0 unspecified atom stereocenters. The molecule has 1 radical (unpaired) electrons. The maximum Gasteiger partial charge on any atom is 0.00682 e. The average molecular weight is 101 g/mol. The highest BCUT2D eigenvalue weighted by molar-refractivity contribution is 8.03. The van der Waals surface area contributed by atoms with Crippen LogP contribution in [0, 0.1) is 6.26 Å². The van der Waals surface area contributed by atoms with Crippen molar-refractivity contribution in [2.45, 2.75) is 13.3 Å². The summed E-state index contributed by atoms with van der Waals surface area (Å²) in [7, 11) is 0. The molecule has 0 N–H and O–H groups in total. The Labute approximate surface area is 43.6 Å². The monoisotopic (exact) mass is 101 g/mol. The van der Waals surface area contributed by atoms with Gasteiger partial charge in [0.1, 0.15) is 0 Å². The van der Waals surface area contributed by atoms with Gasteiger partial charge in [-0.1, -0.05) is 13.0 Å². The normalized spacial score (nSPS) is 10.3. The highest BCUT2D eigenvalue weighted by atomic mass is 32.2. The lowest BCUT2D eigenvalue weighted by Gasteiger charge is -1.72. The fourth-order valence-electron chi connectivity index (χ4n) is 0.164. The van der Waals surface area contributed by atoms with E-state index < -0.39 is 0 Å².